The monoisotopic (exact) mass is 420 g/mol. The molecule has 6 nitrogen and oxygen atoms in total. The highest BCUT2D eigenvalue weighted by molar-refractivity contribution is 6.31. The van der Waals surface area contributed by atoms with Gasteiger partial charge in [-0.05, 0) is 57.3 Å². The molecular weight excluding hydrogens is 388 g/mol. The predicted octanol–water partition coefficient (Wildman–Crippen LogP) is 2.28. The Balaban J connectivity index is 1.33. The third kappa shape index (κ3) is 4.94. The average Bonchev–Trinajstić information content (AvgIpc) is 3.19. The van der Waals surface area contributed by atoms with Gasteiger partial charge in [-0.15, -0.1) is 0 Å². The summed E-state index contributed by atoms with van der Waals surface area (Å²) in [5.74, 6) is 0.790. The van der Waals surface area contributed by atoms with Gasteiger partial charge < -0.3 is 9.64 Å². The number of benzene rings is 1. The van der Waals surface area contributed by atoms with E-state index < -0.39 is 0 Å². The van der Waals surface area contributed by atoms with Crippen LogP contribution in [0.5, 0.6) is 0 Å². The Labute approximate surface area is 178 Å². The zero-order chi connectivity index (χ0) is 20.4. The number of hydrogen-bond acceptors (Lipinski definition) is 5. The summed E-state index contributed by atoms with van der Waals surface area (Å²) in [5, 5.41) is 0.843. The maximum absolute atomic E-state index is 13.3. The largest absolute Gasteiger partial charge is 0.372 e. The van der Waals surface area contributed by atoms with Gasteiger partial charge >= 0.3 is 0 Å². The van der Waals surface area contributed by atoms with Gasteiger partial charge in [0.2, 0.25) is 5.91 Å². The third-order valence-corrected chi connectivity index (χ3v) is 6.93. The lowest BCUT2D eigenvalue weighted by atomic mass is 9.82. The molecule has 0 saturated carbocycles. The molecule has 3 heterocycles. The van der Waals surface area contributed by atoms with Crippen LogP contribution in [0.25, 0.3) is 0 Å². The normalized spacial score (nSPS) is 31.9. The van der Waals surface area contributed by atoms with Gasteiger partial charge in [-0.3, -0.25) is 20.5 Å². The molecule has 3 aliphatic rings. The van der Waals surface area contributed by atoms with E-state index in [-0.39, 0.29) is 30.1 Å². The summed E-state index contributed by atoms with van der Waals surface area (Å²) in [4.78, 5) is 17.7. The number of ether oxygens (including phenoxy) is 1. The second kappa shape index (κ2) is 9.31. The van der Waals surface area contributed by atoms with Crippen molar-refractivity contribution in [2.45, 2.75) is 51.5 Å². The molecule has 0 radical (unpaired) electrons. The third-order valence-electron chi connectivity index (χ3n) is 6.56. The van der Waals surface area contributed by atoms with E-state index in [1.165, 1.54) is 5.56 Å². The Morgan fingerprint density at radius 2 is 1.86 bits per heavy atom. The van der Waals surface area contributed by atoms with Crippen molar-refractivity contribution in [2.75, 3.05) is 32.7 Å². The number of carbonyl (C=O) groups excluding carboxylic acids is 1. The molecule has 0 spiro atoms. The predicted molar refractivity (Wildman–Crippen MR) is 114 cm³/mol. The number of carbonyl (C=O) groups is 1. The second-order valence-electron chi connectivity index (χ2n) is 8.86. The standard InChI is InChI=1S/C22H33ClN4O2/c1-15-12-27(13-16(2)29-15)22(28)19-11-24-25-21(19)17-7-9-26(10-8-17)14-18-5-3-4-6-20(18)23/h3-6,15-17,19,21,24-25H,7-14H2,1-2H3. The van der Waals surface area contributed by atoms with E-state index in [0.717, 1.165) is 37.5 Å². The number of halogens is 1. The summed E-state index contributed by atoms with van der Waals surface area (Å²) in [7, 11) is 0. The van der Waals surface area contributed by atoms with Crippen LogP contribution in [0.1, 0.15) is 32.3 Å². The number of morpholine rings is 1. The van der Waals surface area contributed by atoms with Crippen LogP contribution in [0.4, 0.5) is 0 Å². The molecule has 160 valence electrons. The Morgan fingerprint density at radius 3 is 2.55 bits per heavy atom. The minimum Gasteiger partial charge on any atom is -0.372 e. The van der Waals surface area contributed by atoms with Gasteiger partial charge in [0.25, 0.3) is 0 Å². The summed E-state index contributed by atoms with van der Waals surface area (Å²) in [5.41, 5.74) is 7.88. The average molecular weight is 421 g/mol. The summed E-state index contributed by atoms with van der Waals surface area (Å²) in [6, 6.07) is 8.30. The summed E-state index contributed by atoms with van der Waals surface area (Å²) in [6.45, 7) is 9.19. The zero-order valence-electron chi connectivity index (χ0n) is 17.4. The van der Waals surface area contributed by atoms with E-state index >= 15 is 0 Å². The Hall–Kier alpha value is -1.18. The topological polar surface area (TPSA) is 56.8 Å². The zero-order valence-corrected chi connectivity index (χ0v) is 18.2. The molecule has 2 N–H and O–H groups in total. The minimum absolute atomic E-state index is 0.00705. The molecule has 4 atom stereocenters. The van der Waals surface area contributed by atoms with E-state index in [1.54, 1.807) is 0 Å². The fourth-order valence-corrected chi connectivity index (χ4v) is 5.33. The van der Waals surface area contributed by atoms with Crippen LogP contribution in [-0.2, 0) is 16.1 Å². The molecule has 3 saturated heterocycles. The molecule has 0 aliphatic carbocycles. The van der Waals surface area contributed by atoms with Crippen LogP contribution < -0.4 is 10.9 Å². The Morgan fingerprint density at radius 1 is 1.17 bits per heavy atom. The fraction of sp³-hybridized carbons (Fsp3) is 0.682. The molecule has 1 amide bonds. The number of likely N-dealkylation sites (tertiary alicyclic amines) is 1. The highest BCUT2D eigenvalue weighted by atomic mass is 35.5. The van der Waals surface area contributed by atoms with Crippen molar-refractivity contribution in [2.24, 2.45) is 11.8 Å². The number of hydrazine groups is 1. The quantitative estimate of drug-likeness (QED) is 0.782. The van der Waals surface area contributed by atoms with E-state index in [9.17, 15) is 4.79 Å². The summed E-state index contributed by atoms with van der Waals surface area (Å²) < 4.78 is 5.80. The van der Waals surface area contributed by atoms with E-state index in [2.05, 4.69) is 21.8 Å². The SMILES string of the molecule is CC1CN(C(=O)C2CNNC2C2CCN(Cc3ccccc3Cl)CC2)CC(C)O1. The van der Waals surface area contributed by atoms with Crippen molar-refractivity contribution in [3.63, 3.8) is 0 Å². The molecular formula is C22H33ClN4O2. The summed E-state index contributed by atoms with van der Waals surface area (Å²) >= 11 is 6.33. The molecule has 0 aromatic heterocycles. The van der Waals surface area contributed by atoms with Crippen molar-refractivity contribution in [3.8, 4) is 0 Å². The van der Waals surface area contributed by atoms with E-state index in [0.29, 0.717) is 25.6 Å². The maximum atomic E-state index is 13.3. The van der Waals surface area contributed by atoms with Crippen molar-refractivity contribution in [1.82, 2.24) is 20.7 Å². The van der Waals surface area contributed by atoms with Crippen LogP contribution in [0.15, 0.2) is 24.3 Å². The van der Waals surface area contributed by atoms with Crippen molar-refractivity contribution < 1.29 is 9.53 Å². The van der Waals surface area contributed by atoms with Crippen LogP contribution in [0.2, 0.25) is 5.02 Å². The fourth-order valence-electron chi connectivity index (χ4n) is 5.13. The van der Waals surface area contributed by atoms with Crippen LogP contribution in [0, 0.1) is 11.8 Å². The molecule has 4 unspecified atom stereocenters. The molecule has 0 bridgehead atoms. The second-order valence-corrected chi connectivity index (χ2v) is 9.27. The lowest BCUT2D eigenvalue weighted by molar-refractivity contribution is -0.147. The van der Waals surface area contributed by atoms with Crippen LogP contribution in [0.3, 0.4) is 0 Å². The number of rotatable bonds is 4. The van der Waals surface area contributed by atoms with Gasteiger partial charge in [-0.25, -0.2) is 0 Å². The van der Waals surface area contributed by atoms with E-state index in [4.69, 9.17) is 16.3 Å². The number of hydrogen-bond donors (Lipinski definition) is 2. The molecule has 1 aromatic rings. The first kappa shape index (κ1) is 21.1. The van der Waals surface area contributed by atoms with Gasteiger partial charge in [-0.1, -0.05) is 29.8 Å². The lowest BCUT2D eigenvalue weighted by Crippen LogP contribution is -2.53. The molecule has 3 fully saturated rings. The maximum Gasteiger partial charge on any atom is 0.228 e. The smallest absolute Gasteiger partial charge is 0.228 e. The number of nitrogens with one attached hydrogen (secondary N) is 2. The molecule has 7 heteroatoms. The summed E-state index contributed by atoms with van der Waals surface area (Å²) in [6.07, 6.45) is 2.42. The Kier molecular flexibility index (Phi) is 6.76. The van der Waals surface area contributed by atoms with E-state index in [1.807, 2.05) is 36.9 Å². The lowest BCUT2D eigenvalue weighted by Gasteiger charge is -2.39. The molecule has 4 rings (SSSR count). The van der Waals surface area contributed by atoms with Gasteiger partial charge in [-0.2, -0.15) is 0 Å². The van der Waals surface area contributed by atoms with Gasteiger partial charge in [0.05, 0.1) is 18.1 Å². The highest BCUT2D eigenvalue weighted by Crippen LogP contribution is 2.29. The van der Waals surface area contributed by atoms with Crippen LogP contribution >= 0.6 is 11.6 Å². The van der Waals surface area contributed by atoms with Gasteiger partial charge in [0, 0.05) is 37.2 Å². The minimum atomic E-state index is 0.00705. The molecule has 3 aliphatic heterocycles. The Bertz CT molecular complexity index is 700. The number of nitrogens with zero attached hydrogens (tertiary/aromatic N) is 2. The first-order valence-electron chi connectivity index (χ1n) is 10.9. The first-order valence-corrected chi connectivity index (χ1v) is 11.3. The number of amides is 1. The van der Waals surface area contributed by atoms with Gasteiger partial charge in [0.1, 0.15) is 0 Å². The molecule has 1 aromatic carbocycles. The first-order chi connectivity index (χ1) is 14.0. The van der Waals surface area contributed by atoms with Crippen molar-refractivity contribution >= 4 is 17.5 Å². The van der Waals surface area contributed by atoms with Crippen molar-refractivity contribution in [1.29, 1.82) is 0 Å². The van der Waals surface area contributed by atoms with Crippen LogP contribution in [-0.4, -0.2) is 66.7 Å². The van der Waals surface area contributed by atoms with Gasteiger partial charge in [0.15, 0.2) is 0 Å². The molecule has 29 heavy (non-hydrogen) atoms. The van der Waals surface area contributed by atoms with Crippen molar-refractivity contribution in [3.05, 3.63) is 34.9 Å². The highest BCUT2D eigenvalue weighted by Gasteiger charge is 2.42. The number of piperidine rings is 1.